The molecule has 4 aromatic carbocycles. The molecular formula is C29H29NO3Pb+. The summed E-state index contributed by atoms with van der Waals surface area (Å²) in [5.74, 6) is -1.06. The van der Waals surface area contributed by atoms with Crippen molar-refractivity contribution >= 4 is 43.9 Å². The van der Waals surface area contributed by atoms with Crippen LogP contribution in [0.1, 0.15) is 12.5 Å². The van der Waals surface area contributed by atoms with Gasteiger partial charge in [-0.1, -0.05) is 30.3 Å². The van der Waals surface area contributed by atoms with E-state index in [0.717, 1.165) is 5.56 Å². The van der Waals surface area contributed by atoms with Gasteiger partial charge in [-0.05, 0) is 5.56 Å². The topological polar surface area (TPSA) is 70.7 Å². The number of carboxylic acids is 1. The fourth-order valence-electron chi connectivity index (χ4n) is 3.62. The van der Waals surface area contributed by atoms with Crippen LogP contribution in [0.3, 0.4) is 0 Å². The summed E-state index contributed by atoms with van der Waals surface area (Å²) in [6.07, 6.45) is 0.364. The fourth-order valence-corrected chi connectivity index (χ4v) is 13.6. The average Bonchev–Trinajstić information content (AvgIpc) is 2.87. The summed E-state index contributed by atoms with van der Waals surface area (Å²) in [5, 5.41) is 11.4. The van der Waals surface area contributed by atoms with Crippen LogP contribution in [0.5, 0.6) is 0 Å². The van der Waals surface area contributed by atoms with E-state index in [0.29, 0.717) is 6.42 Å². The minimum atomic E-state index is -2.17. The molecule has 0 spiro atoms. The number of hydrogen-bond acceptors (Lipinski definition) is 1. The Morgan fingerprint density at radius 3 is 1.41 bits per heavy atom. The van der Waals surface area contributed by atoms with Gasteiger partial charge in [0.2, 0.25) is 5.91 Å². The maximum atomic E-state index is 10.8. The summed E-state index contributed by atoms with van der Waals surface area (Å²) in [4.78, 5) is 19.8. The SMILES string of the molecule is CC(=O)NC(Cc1ccccc1)C(O)=[OH+].c1cc[c]([Pb]([c]2ccccc2)[c]2ccccc2)cc1. The van der Waals surface area contributed by atoms with Crippen molar-refractivity contribution in [2.24, 2.45) is 0 Å². The predicted octanol–water partition coefficient (Wildman–Crippen LogP) is 3.00. The monoisotopic (exact) mass is 647 g/mol. The standard InChI is InChI=1S/C11H13NO3.3C6H5.Pb/c1-8(13)12-10(11(14)15)7-9-5-3-2-4-6-9;3*1-2-4-6-5-3-1;/h2-6,10H,7H2,1H3,(H,12,13)(H,14,15);3*1-5H;/p+1. The van der Waals surface area contributed by atoms with Gasteiger partial charge in [-0.2, -0.15) is 0 Å². The van der Waals surface area contributed by atoms with Crippen LogP contribution in [-0.2, 0) is 11.2 Å². The van der Waals surface area contributed by atoms with Gasteiger partial charge in [-0.3, -0.25) is 4.79 Å². The zero-order valence-electron chi connectivity index (χ0n) is 19.1. The summed E-state index contributed by atoms with van der Waals surface area (Å²) in [6.45, 7) is 1.33. The molecule has 3 N–H and O–H groups in total. The molecule has 0 saturated carbocycles. The molecule has 0 aromatic heterocycles. The molecule has 1 unspecified atom stereocenters. The number of aliphatic hydroxyl groups excluding tert-OH is 1. The average molecular weight is 647 g/mol. The molecule has 171 valence electrons. The molecule has 0 fully saturated rings. The molecule has 0 heterocycles. The van der Waals surface area contributed by atoms with Crippen LogP contribution in [0.2, 0.25) is 0 Å². The first-order valence-electron chi connectivity index (χ1n) is 11.1. The summed E-state index contributed by atoms with van der Waals surface area (Å²) in [5.41, 5.74) is 0.928. The normalized spacial score (nSPS) is 11.1. The number of rotatable bonds is 7. The Morgan fingerprint density at radius 2 is 1.09 bits per heavy atom. The summed E-state index contributed by atoms with van der Waals surface area (Å²) < 4.78 is 4.64. The van der Waals surface area contributed by atoms with Crippen LogP contribution in [-0.4, -0.2) is 50.5 Å². The van der Waals surface area contributed by atoms with E-state index in [1.165, 1.54) is 6.92 Å². The number of carboxylic acid groups (broad SMARTS) is 1. The third kappa shape index (κ3) is 7.95. The van der Waals surface area contributed by atoms with E-state index in [9.17, 15) is 4.79 Å². The van der Waals surface area contributed by atoms with Crippen molar-refractivity contribution < 1.29 is 14.7 Å². The van der Waals surface area contributed by atoms with Gasteiger partial charge < -0.3 is 15.2 Å². The van der Waals surface area contributed by atoms with E-state index in [2.05, 4.69) is 96.3 Å². The van der Waals surface area contributed by atoms with Crippen LogP contribution in [0.4, 0.5) is 0 Å². The molecule has 0 bridgehead atoms. The third-order valence-corrected chi connectivity index (χ3v) is 15.8. The Bertz CT molecular complexity index is 1060. The van der Waals surface area contributed by atoms with Gasteiger partial charge >= 0.3 is 129 Å². The van der Waals surface area contributed by atoms with Crippen molar-refractivity contribution in [2.75, 3.05) is 0 Å². The van der Waals surface area contributed by atoms with Gasteiger partial charge in [0.25, 0.3) is 0 Å². The van der Waals surface area contributed by atoms with E-state index in [-0.39, 0.29) is 5.91 Å². The zero-order valence-corrected chi connectivity index (χ0v) is 23.0. The Hall–Kier alpha value is -3.26. The number of hydrogen-bond donors (Lipinski definition) is 2. The summed E-state index contributed by atoms with van der Waals surface area (Å²) >= 11 is -2.17. The Morgan fingerprint density at radius 1 is 0.735 bits per heavy atom. The molecule has 0 aliphatic rings. The molecule has 0 aliphatic heterocycles. The molecule has 34 heavy (non-hydrogen) atoms. The van der Waals surface area contributed by atoms with Crippen LogP contribution in [0.25, 0.3) is 0 Å². The molecule has 4 nitrogen and oxygen atoms in total. The molecule has 1 amide bonds. The second-order valence-electron chi connectivity index (χ2n) is 7.77. The maximum absolute atomic E-state index is 10.8. The van der Waals surface area contributed by atoms with E-state index in [4.69, 9.17) is 9.90 Å². The van der Waals surface area contributed by atoms with Gasteiger partial charge in [-0.25, -0.2) is 0 Å². The number of benzene rings is 4. The molecule has 4 aromatic rings. The molecule has 0 saturated heterocycles. The molecule has 5 heteroatoms. The number of aliphatic carboxylic acids is 1. The van der Waals surface area contributed by atoms with E-state index in [1.54, 1.807) is 9.37 Å². The van der Waals surface area contributed by atoms with Crippen LogP contribution in [0.15, 0.2) is 121 Å². The second kappa shape index (κ2) is 13.4. The van der Waals surface area contributed by atoms with Gasteiger partial charge in [0.15, 0.2) is 6.04 Å². The third-order valence-electron chi connectivity index (χ3n) is 5.16. The first kappa shape index (κ1) is 25.4. The summed E-state index contributed by atoms with van der Waals surface area (Å²) in [7, 11) is 0. The number of carbonyl (C=O) groups excluding carboxylic acids is 1. The van der Waals surface area contributed by atoms with Gasteiger partial charge in [0.05, 0.1) is 0 Å². The first-order chi connectivity index (χ1) is 16.5. The molecule has 1 radical (unpaired) electrons. The van der Waals surface area contributed by atoms with E-state index in [1.807, 2.05) is 30.3 Å². The fraction of sp³-hybridized carbons (Fsp3) is 0.103. The van der Waals surface area contributed by atoms with Crippen LogP contribution < -0.4 is 14.7 Å². The molecule has 0 aliphatic carbocycles. The quantitative estimate of drug-likeness (QED) is 0.240. The molecular weight excluding hydrogens is 618 g/mol. The Kier molecular flexibility index (Phi) is 10.0. The Balaban J connectivity index is 0.000000197. The number of carbonyl (C=O) groups is 1. The number of nitrogens with one attached hydrogen (secondary N) is 1. The van der Waals surface area contributed by atoms with Gasteiger partial charge in [0.1, 0.15) is 0 Å². The second-order valence-corrected chi connectivity index (χ2v) is 17.4. The van der Waals surface area contributed by atoms with Gasteiger partial charge in [-0.15, -0.1) is 0 Å². The minimum absolute atomic E-state index is 0.295. The van der Waals surface area contributed by atoms with Crippen LogP contribution >= 0.6 is 0 Å². The van der Waals surface area contributed by atoms with E-state index >= 15 is 0 Å². The van der Waals surface area contributed by atoms with Gasteiger partial charge in [0, 0.05) is 13.3 Å². The van der Waals surface area contributed by atoms with Crippen molar-refractivity contribution in [3.8, 4) is 0 Å². The van der Waals surface area contributed by atoms with Crippen molar-refractivity contribution in [2.45, 2.75) is 19.4 Å². The van der Waals surface area contributed by atoms with Crippen molar-refractivity contribution in [1.29, 1.82) is 0 Å². The summed E-state index contributed by atoms with van der Waals surface area (Å²) in [6, 6.07) is 41.6. The first-order valence-corrected chi connectivity index (χ1v) is 17.0. The van der Waals surface area contributed by atoms with Crippen molar-refractivity contribution in [3.63, 3.8) is 0 Å². The van der Waals surface area contributed by atoms with Crippen LogP contribution in [0, 0.1) is 0 Å². The van der Waals surface area contributed by atoms with Crippen molar-refractivity contribution in [1.82, 2.24) is 5.32 Å². The molecule has 1 atom stereocenters. The number of amides is 1. The van der Waals surface area contributed by atoms with E-state index < -0.39 is 34.7 Å². The Labute approximate surface area is 209 Å². The molecule has 4 rings (SSSR count). The zero-order chi connectivity index (χ0) is 24.2. The predicted molar refractivity (Wildman–Crippen MR) is 141 cm³/mol. The van der Waals surface area contributed by atoms with Crippen molar-refractivity contribution in [3.05, 3.63) is 127 Å².